The summed E-state index contributed by atoms with van der Waals surface area (Å²) in [5.41, 5.74) is -2.02. The first kappa shape index (κ1) is 9.97. The van der Waals surface area contributed by atoms with E-state index in [1.807, 2.05) is 6.92 Å². The highest BCUT2D eigenvalue weighted by Crippen LogP contribution is 2.69. The van der Waals surface area contributed by atoms with Crippen molar-refractivity contribution in [1.82, 2.24) is 0 Å². The van der Waals surface area contributed by atoms with Gasteiger partial charge in [-0.3, -0.25) is 0 Å². The summed E-state index contributed by atoms with van der Waals surface area (Å²) in [4.78, 5) is 11.2. The zero-order valence-corrected chi connectivity index (χ0v) is 9.00. The van der Waals surface area contributed by atoms with Crippen molar-refractivity contribution in [3.8, 4) is 0 Å². The summed E-state index contributed by atoms with van der Waals surface area (Å²) in [5.74, 6) is -0.691. The van der Waals surface area contributed by atoms with Gasteiger partial charge in [0.1, 0.15) is 0 Å². The van der Waals surface area contributed by atoms with Gasteiger partial charge in [0.25, 0.3) is 0 Å². The minimum atomic E-state index is -1.50. The molecule has 2 aliphatic rings. The lowest BCUT2D eigenvalue weighted by Gasteiger charge is -2.42. The molecule has 2 aliphatic carbocycles. The van der Waals surface area contributed by atoms with Crippen LogP contribution in [0.1, 0.15) is 40.0 Å². The molecule has 3 heteroatoms. The lowest BCUT2D eigenvalue weighted by atomic mass is 9.64. The molecule has 0 aromatic carbocycles. The molecule has 0 radical (unpaired) electrons. The van der Waals surface area contributed by atoms with Crippen LogP contribution in [0, 0.1) is 16.7 Å². The highest BCUT2D eigenvalue weighted by molar-refractivity contribution is 5.79. The Bertz CT molecular complexity index is 297. The van der Waals surface area contributed by atoms with Gasteiger partial charge < -0.3 is 10.2 Å². The molecule has 3 unspecified atom stereocenters. The van der Waals surface area contributed by atoms with Crippen LogP contribution in [0.5, 0.6) is 0 Å². The average Bonchev–Trinajstić information content (AvgIpc) is 2.36. The van der Waals surface area contributed by atoms with Crippen LogP contribution in [-0.2, 0) is 4.79 Å². The Morgan fingerprint density at radius 1 is 1.36 bits per heavy atom. The molecular formula is C11H18O3. The maximum absolute atomic E-state index is 11.2. The molecule has 2 fully saturated rings. The highest BCUT2D eigenvalue weighted by atomic mass is 16.4. The Balaban J connectivity index is 2.50. The molecular weight excluding hydrogens is 180 g/mol. The lowest BCUT2D eigenvalue weighted by Crippen LogP contribution is -2.52. The molecule has 0 aliphatic heterocycles. The number of carboxylic acid groups (broad SMARTS) is 1. The van der Waals surface area contributed by atoms with Crippen LogP contribution >= 0.6 is 0 Å². The van der Waals surface area contributed by atoms with Gasteiger partial charge >= 0.3 is 5.97 Å². The number of aliphatic carboxylic acids is 1. The molecule has 3 nitrogen and oxygen atoms in total. The quantitative estimate of drug-likeness (QED) is 0.673. The Morgan fingerprint density at radius 3 is 2.14 bits per heavy atom. The fourth-order valence-electron chi connectivity index (χ4n) is 3.60. The summed E-state index contributed by atoms with van der Waals surface area (Å²) in [6, 6.07) is 0. The van der Waals surface area contributed by atoms with Gasteiger partial charge in [-0.05, 0) is 30.6 Å². The van der Waals surface area contributed by atoms with Crippen molar-refractivity contribution in [2.45, 2.75) is 45.6 Å². The van der Waals surface area contributed by atoms with Gasteiger partial charge in [-0.2, -0.15) is 0 Å². The average molecular weight is 198 g/mol. The SMILES string of the molecule is CC1(C)C2CCC1(C)C(O)(C(=O)O)C2. The first-order valence-electron chi connectivity index (χ1n) is 5.21. The van der Waals surface area contributed by atoms with E-state index in [1.165, 1.54) is 0 Å². The maximum atomic E-state index is 11.2. The third-order valence-corrected chi connectivity index (χ3v) is 5.24. The molecule has 2 rings (SSSR count). The van der Waals surface area contributed by atoms with E-state index in [2.05, 4.69) is 13.8 Å². The van der Waals surface area contributed by atoms with Crippen molar-refractivity contribution in [2.75, 3.05) is 0 Å². The minimum Gasteiger partial charge on any atom is -0.479 e. The van der Waals surface area contributed by atoms with E-state index in [1.54, 1.807) is 0 Å². The fraction of sp³-hybridized carbons (Fsp3) is 0.909. The van der Waals surface area contributed by atoms with E-state index in [0.717, 1.165) is 12.8 Å². The van der Waals surface area contributed by atoms with Crippen molar-refractivity contribution in [1.29, 1.82) is 0 Å². The number of carbonyl (C=O) groups is 1. The molecule has 2 bridgehead atoms. The van der Waals surface area contributed by atoms with Gasteiger partial charge in [-0.25, -0.2) is 4.79 Å². The van der Waals surface area contributed by atoms with Crippen LogP contribution in [0.25, 0.3) is 0 Å². The molecule has 2 saturated carbocycles. The maximum Gasteiger partial charge on any atom is 0.336 e. The molecule has 3 atom stereocenters. The van der Waals surface area contributed by atoms with E-state index in [0.29, 0.717) is 12.3 Å². The van der Waals surface area contributed by atoms with E-state index < -0.39 is 17.0 Å². The van der Waals surface area contributed by atoms with E-state index >= 15 is 0 Å². The van der Waals surface area contributed by atoms with Crippen molar-refractivity contribution in [2.24, 2.45) is 16.7 Å². The molecule has 0 aromatic rings. The third-order valence-electron chi connectivity index (χ3n) is 5.24. The molecule has 80 valence electrons. The van der Waals surface area contributed by atoms with Gasteiger partial charge in [-0.15, -0.1) is 0 Å². The summed E-state index contributed by atoms with van der Waals surface area (Å²) in [6.45, 7) is 6.10. The van der Waals surface area contributed by atoms with Crippen LogP contribution in [0.2, 0.25) is 0 Å². The number of carboxylic acids is 1. The smallest absolute Gasteiger partial charge is 0.336 e. The van der Waals surface area contributed by atoms with Crippen LogP contribution in [0.4, 0.5) is 0 Å². The monoisotopic (exact) mass is 198 g/mol. The number of aliphatic hydroxyl groups is 1. The van der Waals surface area contributed by atoms with Crippen LogP contribution in [-0.4, -0.2) is 21.8 Å². The zero-order valence-electron chi connectivity index (χ0n) is 9.00. The zero-order chi connectivity index (χ0) is 10.8. The molecule has 2 N–H and O–H groups in total. The summed E-state index contributed by atoms with van der Waals surface area (Å²) in [5, 5.41) is 19.4. The predicted molar refractivity (Wildman–Crippen MR) is 51.8 cm³/mol. The molecule has 0 aromatic heterocycles. The second kappa shape index (κ2) is 2.32. The lowest BCUT2D eigenvalue weighted by molar-refractivity contribution is -0.176. The first-order chi connectivity index (χ1) is 6.26. The minimum absolute atomic E-state index is 0.0554. The molecule has 0 heterocycles. The summed E-state index contributed by atoms with van der Waals surface area (Å²) >= 11 is 0. The van der Waals surface area contributed by atoms with Crippen molar-refractivity contribution in [3.63, 3.8) is 0 Å². The van der Waals surface area contributed by atoms with Gasteiger partial charge in [0.2, 0.25) is 0 Å². The normalized spacial score (nSPS) is 49.6. The predicted octanol–water partition coefficient (Wildman–Crippen LogP) is 1.65. The first-order valence-corrected chi connectivity index (χ1v) is 5.21. The van der Waals surface area contributed by atoms with Gasteiger partial charge in [0, 0.05) is 5.41 Å². The Kier molecular flexibility index (Phi) is 1.65. The van der Waals surface area contributed by atoms with Crippen molar-refractivity contribution < 1.29 is 15.0 Å². The molecule has 14 heavy (non-hydrogen) atoms. The Morgan fingerprint density at radius 2 is 1.93 bits per heavy atom. The van der Waals surface area contributed by atoms with Crippen LogP contribution in [0.3, 0.4) is 0 Å². The number of fused-ring (bicyclic) bond motifs is 2. The van der Waals surface area contributed by atoms with Crippen molar-refractivity contribution in [3.05, 3.63) is 0 Å². The van der Waals surface area contributed by atoms with E-state index in [4.69, 9.17) is 5.11 Å². The second-order valence-corrected chi connectivity index (χ2v) is 5.66. The standard InChI is InChI=1S/C11H18O3/c1-9(2)7-4-5-10(9,3)11(14,6-7)8(12)13/h7,14H,4-6H2,1-3H3,(H,12,13). The fourth-order valence-corrected chi connectivity index (χ4v) is 3.60. The second-order valence-electron chi connectivity index (χ2n) is 5.66. The third kappa shape index (κ3) is 0.761. The van der Waals surface area contributed by atoms with Crippen molar-refractivity contribution >= 4 is 5.97 Å². The summed E-state index contributed by atoms with van der Waals surface area (Å²) in [6.07, 6.45) is 2.30. The summed E-state index contributed by atoms with van der Waals surface area (Å²) < 4.78 is 0. The Hall–Kier alpha value is -0.570. The molecule has 0 saturated heterocycles. The number of rotatable bonds is 1. The van der Waals surface area contributed by atoms with Gasteiger partial charge in [0.05, 0.1) is 0 Å². The van der Waals surface area contributed by atoms with E-state index in [-0.39, 0.29) is 5.41 Å². The van der Waals surface area contributed by atoms with Gasteiger partial charge in [-0.1, -0.05) is 20.8 Å². The van der Waals surface area contributed by atoms with Gasteiger partial charge in [0.15, 0.2) is 5.60 Å². The topological polar surface area (TPSA) is 57.5 Å². The Labute approximate surface area is 84.1 Å². The largest absolute Gasteiger partial charge is 0.479 e. The summed E-state index contributed by atoms with van der Waals surface area (Å²) in [7, 11) is 0. The van der Waals surface area contributed by atoms with Crippen LogP contribution < -0.4 is 0 Å². The van der Waals surface area contributed by atoms with E-state index in [9.17, 15) is 9.90 Å². The van der Waals surface area contributed by atoms with Crippen LogP contribution in [0.15, 0.2) is 0 Å². The molecule has 0 spiro atoms. The number of hydrogen-bond acceptors (Lipinski definition) is 2. The highest BCUT2D eigenvalue weighted by Gasteiger charge is 2.71. The number of hydrogen-bond donors (Lipinski definition) is 2. The molecule has 0 amide bonds.